The van der Waals surface area contributed by atoms with Crippen LogP contribution in [0.5, 0.6) is 0 Å². The number of carbonyl (C=O) groups excluding carboxylic acids is 4. The second kappa shape index (κ2) is 60.3. The summed E-state index contributed by atoms with van der Waals surface area (Å²) in [5, 5.41) is 10.5. The van der Waals surface area contributed by atoms with E-state index in [1.165, 1.54) is 154 Å². The summed E-state index contributed by atoms with van der Waals surface area (Å²) in [4.78, 5) is 72.2. The zero-order valence-corrected chi connectivity index (χ0v) is 58.1. The molecule has 0 aliphatic carbocycles. The van der Waals surface area contributed by atoms with E-state index in [0.29, 0.717) is 25.7 Å². The molecule has 516 valence electrons. The summed E-state index contributed by atoms with van der Waals surface area (Å²) in [6.45, 7) is 9.41. The molecule has 0 aliphatic rings. The lowest BCUT2D eigenvalue weighted by molar-refractivity contribution is -0.161. The molecule has 87 heavy (non-hydrogen) atoms. The molecule has 0 radical (unpaired) electrons. The molecule has 3 N–H and O–H groups in total. The molecule has 0 aromatic rings. The summed E-state index contributed by atoms with van der Waals surface area (Å²) < 4.78 is 68.0. The van der Waals surface area contributed by atoms with E-state index in [-0.39, 0.29) is 25.7 Å². The minimum Gasteiger partial charge on any atom is -0.462 e. The lowest BCUT2D eigenvalue weighted by Gasteiger charge is -2.21. The van der Waals surface area contributed by atoms with E-state index < -0.39 is 97.5 Å². The Morgan fingerprint density at radius 3 is 0.874 bits per heavy atom. The predicted octanol–water partition coefficient (Wildman–Crippen LogP) is 19.2. The van der Waals surface area contributed by atoms with Crippen molar-refractivity contribution in [3.8, 4) is 0 Å². The predicted molar refractivity (Wildman–Crippen MR) is 349 cm³/mol. The zero-order valence-electron chi connectivity index (χ0n) is 56.3. The van der Waals surface area contributed by atoms with Crippen LogP contribution in [-0.4, -0.2) is 96.7 Å². The van der Waals surface area contributed by atoms with Crippen LogP contribution in [0.2, 0.25) is 0 Å². The molecule has 0 bridgehead atoms. The van der Waals surface area contributed by atoms with E-state index in [1.807, 2.05) is 0 Å². The Morgan fingerprint density at radius 2 is 0.586 bits per heavy atom. The van der Waals surface area contributed by atoms with E-state index in [0.717, 1.165) is 108 Å². The smallest absolute Gasteiger partial charge is 0.462 e. The number of phosphoric acid groups is 2. The molecule has 3 unspecified atom stereocenters. The molecular formula is C68H132O17P2. The van der Waals surface area contributed by atoms with Gasteiger partial charge in [0.1, 0.15) is 19.3 Å². The fourth-order valence-corrected chi connectivity index (χ4v) is 11.8. The second-order valence-corrected chi connectivity index (χ2v) is 28.2. The molecule has 0 saturated heterocycles. The molecule has 19 heteroatoms. The fourth-order valence-electron chi connectivity index (χ4n) is 10.2. The van der Waals surface area contributed by atoms with Crippen LogP contribution in [0.3, 0.4) is 0 Å². The van der Waals surface area contributed by atoms with Gasteiger partial charge in [-0.1, -0.05) is 292 Å². The Labute approximate surface area is 530 Å². The van der Waals surface area contributed by atoms with Crippen molar-refractivity contribution in [2.45, 2.75) is 362 Å². The van der Waals surface area contributed by atoms with E-state index in [2.05, 4.69) is 41.5 Å². The number of aliphatic hydroxyl groups excluding tert-OH is 1. The standard InChI is InChI=1S/C68H132O17P2/c1-7-10-12-14-15-16-17-18-19-20-21-22-27-30-33-40-46-52-67(72)84-64(57-79-66(71)51-45-39-32-29-26-24-23-25-28-31-37-42-48-60(4)5)59-83-87(76,77)81-55-62(69)54-80-86(74,75)82-58-63(56-78-65(70)50-44-36-13-11-8-2)85-68(73)53-47-41-35-34-38-43-49-61(6)9-3/h60-64,69H,7-59H2,1-6H3,(H,74,75)(H,76,77)/t61?,62-,63+,64+/m0/s1. The Morgan fingerprint density at radius 1 is 0.333 bits per heavy atom. The molecule has 0 aromatic carbocycles. The normalized spacial score (nSPS) is 14.5. The number of carbonyl (C=O) groups is 4. The lowest BCUT2D eigenvalue weighted by Crippen LogP contribution is -2.30. The van der Waals surface area contributed by atoms with Crippen molar-refractivity contribution >= 4 is 39.5 Å². The first kappa shape index (κ1) is 85.1. The number of rotatable bonds is 67. The van der Waals surface area contributed by atoms with Crippen LogP contribution in [0.15, 0.2) is 0 Å². The quantitative estimate of drug-likeness (QED) is 0.0222. The van der Waals surface area contributed by atoms with Crippen molar-refractivity contribution in [3.63, 3.8) is 0 Å². The summed E-state index contributed by atoms with van der Waals surface area (Å²) in [6, 6.07) is 0. The van der Waals surface area contributed by atoms with Crippen LogP contribution in [-0.2, 0) is 65.4 Å². The monoisotopic (exact) mass is 1280 g/mol. The lowest BCUT2D eigenvalue weighted by atomic mass is 10.00. The Balaban J connectivity index is 5.16. The Bertz CT molecular complexity index is 1700. The molecule has 0 rings (SSSR count). The van der Waals surface area contributed by atoms with Crippen LogP contribution in [0.4, 0.5) is 0 Å². The SMILES string of the molecule is CCCCCCCCCCCCCCCCCCCC(=O)O[C@H](COC(=O)CCCCCCCCCCCCCCC(C)C)COP(=O)(O)OC[C@@H](O)COP(=O)(O)OC[C@@H](COC(=O)CCCCCCC)OC(=O)CCCCCCCCC(C)CC. The molecule has 0 spiro atoms. The topological polar surface area (TPSA) is 237 Å². The molecule has 0 aliphatic heterocycles. The zero-order chi connectivity index (χ0) is 64.3. The van der Waals surface area contributed by atoms with Gasteiger partial charge in [-0.25, -0.2) is 9.13 Å². The van der Waals surface area contributed by atoms with Crippen molar-refractivity contribution < 1.29 is 80.2 Å². The third-order valence-corrected chi connectivity index (χ3v) is 18.0. The Kier molecular flexibility index (Phi) is 59.0. The molecule has 0 heterocycles. The first-order valence-corrected chi connectivity index (χ1v) is 38.5. The number of aliphatic hydroxyl groups is 1. The van der Waals surface area contributed by atoms with Crippen LogP contribution in [0, 0.1) is 11.8 Å². The molecule has 0 saturated carbocycles. The molecule has 0 fully saturated rings. The average Bonchev–Trinajstić information content (AvgIpc) is 3.71. The molecular weight excluding hydrogens is 1150 g/mol. The van der Waals surface area contributed by atoms with Gasteiger partial charge in [0.05, 0.1) is 26.4 Å². The van der Waals surface area contributed by atoms with Crippen LogP contribution < -0.4 is 0 Å². The van der Waals surface area contributed by atoms with Crippen LogP contribution >= 0.6 is 15.6 Å². The number of esters is 4. The summed E-state index contributed by atoms with van der Waals surface area (Å²) in [5.74, 6) is -0.638. The average molecular weight is 1280 g/mol. The van der Waals surface area contributed by atoms with Gasteiger partial charge in [-0.3, -0.25) is 37.3 Å². The van der Waals surface area contributed by atoms with E-state index >= 15 is 0 Å². The van der Waals surface area contributed by atoms with Gasteiger partial charge in [-0.15, -0.1) is 0 Å². The van der Waals surface area contributed by atoms with Gasteiger partial charge in [0.25, 0.3) is 0 Å². The maximum absolute atomic E-state index is 13.0. The van der Waals surface area contributed by atoms with Gasteiger partial charge < -0.3 is 33.8 Å². The summed E-state index contributed by atoms with van der Waals surface area (Å²) >= 11 is 0. The minimum absolute atomic E-state index is 0.102. The number of hydrogen-bond acceptors (Lipinski definition) is 15. The van der Waals surface area contributed by atoms with Crippen LogP contribution in [0.25, 0.3) is 0 Å². The van der Waals surface area contributed by atoms with E-state index in [4.69, 9.17) is 37.0 Å². The summed E-state index contributed by atoms with van der Waals surface area (Å²) in [7, 11) is -9.89. The number of ether oxygens (including phenoxy) is 4. The first-order chi connectivity index (χ1) is 41.9. The van der Waals surface area contributed by atoms with E-state index in [9.17, 15) is 43.2 Å². The van der Waals surface area contributed by atoms with Crippen molar-refractivity contribution in [2.24, 2.45) is 11.8 Å². The highest BCUT2D eigenvalue weighted by Crippen LogP contribution is 2.45. The largest absolute Gasteiger partial charge is 0.472 e. The Hall–Kier alpha value is -1.94. The molecule has 0 amide bonds. The fraction of sp³-hybridized carbons (Fsp3) is 0.941. The number of hydrogen-bond donors (Lipinski definition) is 3. The minimum atomic E-state index is -4.95. The highest BCUT2D eigenvalue weighted by atomic mass is 31.2. The molecule has 17 nitrogen and oxygen atoms in total. The first-order valence-electron chi connectivity index (χ1n) is 35.5. The van der Waals surface area contributed by atoms with Crippen LogP contribution in [0.1, 0.15) is 343 Å². The summed E-state index contributed by atoms with van der Waals surface area (Å²) in [5.41, 5.74) is 0. The summed E-state index contributed by atoms with van der Waals surface area (Å²) in [6.07, 6.45) is 44.9. The van der Waals surface area contributed by atoms with E-state index in [1.54, 1.807) is 0 Å². The highest BCUT2D eigenvalue weighted by Gasteiger charge is 2.30. The molecule has 6 atom stereocenters. The maximum Gasteiger partial charge on any atom is 0.472 e. The van der Waals surface area contributed by atoms with Crippen molar-refractivity contribution in [2.75, 3.05) is 39.6 Å². The number of phosphoric ester groups is 2. The van der Waals surface area contributed by atoms with Gasteiger partial charge in [0.15, 0.2) is 12.2 Å². The third kappa shape index (κ3) is 61.3. The third-order valence-electron chi connectivity index (χ3n) is 16.1. The number of unbranched alkanes of at least 4 members (excludes halogenated alkanes) is 36. The van der Waals surface area contributed by atoms with Gasteiger partial charge in [-0.05, 0) is 37.5 Å². The van der Waals surface area contributed by atoms with Crippen molar-refractivity contribution in [1.82, 2.24) is 0 Å². The van der Waals surface area contributed by atoms with Crippen molar-refractivity contribution in [3.05, 3.63) is 0 Å². The highest BCUT2D eigenvalue weighted by molar-refractivity contribution is 7.47. The molecule has 0 aromatic heterocycles. The van der Waals surface area contributed by atoms with Gasteiger partial charge >= 0.3 is 39.5 Å². The second-order valence-electron chi connectivity index (χ2n) is 25.3. The van der Waals surface area contributed by atoms with Gasteiger partial charge in [-0.2, -0.15) is 0 Å². The maximum atomic E-state index is 13.0. The van der Waals surface area contributed by atoms with Gasteiger partial charge in [0.2, 0.25) is 0 Å². The van der Waals surface area contributed by atoms with Crippen molar-refractivity contribution in [1.29, 1.82) is 0 Å². The van der Waals surface area contributed by atoms with Gasteiger partial charge in [0, 0.05) is 25.7 Å².